The molecule has 0 aliphatic carbocycles. The third-order valence-electron chi connectivity index (χ3n) is 4.89. The average molecular weight is 443 g/mol. The highest BCUT2D eigenvalue weighted by Crippen LogP contribution is 2.39. The molecule has 31 heavy (non-hydrogen) atoms. The molecule has 1 aromatic carbocycles. The summed E-state index contributed by atoms with van der Waals surface area (Å²) in [5.41, 5.74) is -0.476. The molecule has 1 heterocycles. The Morgan fingerprint density at radius 1 is 1.16 bits per heavy atom. The van der Waals surface area contributed by atoms with Crippen molar-refractivity contribution in [1.82, 2.24) is 5.32 Å². The molecule has 6 nitrogen and oxygen atoms in total. The highest BCUT2D eigenvalue weighted by molar-refractivity contribution is 6.04. The summed E-state index contributed by atoms with van der Waals surface area (Å²) in [5, 5.41) is 3.14. The first kappa shape index (κ1) is 24.9. The van der Waals surface area contributed by atoms with Crippen LogP contribution < -0.4 is 5.32 Å². The maximum Gasteiger partial charge on any atom is 0.416 e. The van der Waals surface area contributed by atoms with Gasteiger partial charge in [-0.25, -0.2) is 4.79 Å². The molecule has 0 amide bonds. The van der Waals surface area contributed by atoms with Gasteiger partial charge in [0.2, 0.25) is 0 Å². The van der Waals surface area contributed by atoms with Gasteiger partial charge in [0.25, 0.3) is 0 Å². The summed E-state index contributed by atoms with van der Waals surface area (Å²) >= 11 is 0. The second kappa shape index (κ2) is 10.3. The van der Waals surface area contributed by atoms with E-state index in [0.717, 1.165) is 12.1 Å². The summed E-state index contributed by atoms with van der Waals surface area (Å²) in [7, 11) is 1.45. The molecule has 0 bridgehead atoms. The molecule has 9 heteroatoms. The summed E-state index contributed by atoms with van der Waals surface area (Å²) in [6, 6.07) is 3.54. The van der Waals surface area contributed by atoms with Crippen LogP contribution in [0.5, 0.6) is 0 Å². The molecule has 1 aliphatic heterocycles. The average Bonchev–Trinajstić information content (AvgIpc) is 2.66. The van der Waals surface area contributed by atoms with E-state index in [0.29, 0.717) is 0 Å². The topological polar surface area (TPSA) is 73.9 Å². The van der Waals surface area contributed by atoms with Gasteiger partial charge >= 0.3 is 18.1 Å². The molecule has 2 rings (SSSR count). The number of rotatable bonds is 7. The van der Waals surface area contributed by atoms with Gasteiger partial charge in [0.1, 0.15) is 6.61 Å². The van der Waals surface area contributed by atoms with E-state index >= 15 is 0 Å². The fourth-order valence-corrected chi connectivity index (χ4v) is 3.63. The molecule has 0 aromatic heterocycles. The van der Waals surface area contributed by atoms with Crippen LogP contribution in [-0.2, 0) is 30.0 Å². The minimum absolute atomic E-state index is 0.0297. The molecule has 0 saturated carbocycles. The fourth-order valence-electron chi connectivity index (χ4n) is 3.63. The van der Waals surface area contributed by atoms with E-state index in [-0.39, 0.29) is 29.9 Å². The maximum atomic E-state index is 13.4. The summed E-state index contributed by atoms with van der Waals surface area (Å²) in [5.74, 6) is -2.35. The van der Waals surface area contributed by atoms with Crippen LogP contribution in [0.2, 0.25) is 0 Å². The lowest BCUT2D eigenvalue weighted by molar-refractivity contribution is -0.151. The molecule has 1 aromatic rings. The number of hydrogen-bond acceptors (Lipinski definition) is 6. The molecule has 1 aliphatic rings. The van der Waals surface area contributed by atoms with Crippen LogP contribution in [0.4, 0.5) is 13.2 Å². The van der Waals surface area contributed by atoms with Crippen LogP contribution in [0, 0.1) is 5.92 Å². The van der Waals surface area contributed by atoms with Crippen molar-refractivity contribution in [2.75, 3.05) is 20.3 Å². The molecular formula is C22H28F3NO5. The van der Waals surface area contributed by atoms with Gasteiger partial charge in [-0.2, -0.15) is 13.2 Å². The number of carbonyl (C=O) groups excluding carboxylic acids is 2. The van der Waals surface area contributed by atoms with Gasteiger partial charge in [-0.05, 0) is 51.0 Å². The number of alkyl halides is 3. The Kier molecular flexibility index (Phi) is 8.25. The Morgan fingerprint density at radius 2 is 1.84 bits per heavy atom. The van der Waals surface area contributed by atoms with Crippen molar-refractivity contribution >= 4 is 17.5 Å². The Balaban J connectivity index is 2.67. The van der Waals surface area contributed by atoms with E-state index in [1.54, 1.807) is 27.7 Å². The Bertz CT molecular complexity index is 835. The molecule has 172 valence electrons. The Morgan fingerprint density at radius 3 is 2.42 bits per heavy atom. The number of ether oxygens (including phenoxy) is 3. The van der Waals surface area contributed by atoms with E-state index in [2.05, 4.69) is 5.32 Å². The van der Waals surface area contributed by atoms with E-state index in [4.69, 9.17) is 14.2 Å². The van der Waals surface area contributed by atoms with Crippen LogP contribution in [0.1, 0.15) is 38.8 Å². The SMILES string of the molecule is COCCOC(=O)C1=C(c2cccc(C(F)(F)F)c2)C(C(=O)OC(C)C)C(C)NC1C. The van der Waals surface area contributed by atoms with Crippen molar-refractivity contribution in [3.05, 3.63) is 41.0 Å². The number of carbonyl (C=O) groups is 2. The monoisotopic (exact) mass is 443 g/mol. The number of benzene rings is 1. The van der Waals surface area contributed by atoms with Crippen molar-refractivity contribution in [2.45, 2.75) is 52.1 Å². The van der Waals surface area contributed by atoms with Crippen molar-refractivity contribution in [3.63, 3.8) is 0 Å². The van der Waals surface area contributed by atoms with E-state index < -0.39 is 47.8 Å². The standard InChI is InChI=1S/C22H28F3NO5/c1-12(2)31-21(28)18-14(4)26-13(3)17(20(27)30-10-9-29-5)19(18)15-7-6-8-16(11-15)22(23,24)25/h6-8,11-14,18,26H,9-10H2,1-5H3. The third kappa shape index (κ3) is 6.07. The summed E-state index contributed by atoms with van der Waals surface area (Å²) in [6.45, 7) is 6.90. The van der Waals surface area contributed by atoms with Crippen molar-refractivity contribution in [3.8, 4) is 0 Å². The Labute approximate surface area is 179 Å². The van der Waals surface area contributed by atoms with E-state index in [1.165, 1.54) is 19.2 Å². The largest absolute Gasteiger partial charge is 0.462 e. The summed E-state index contributed by atoms with van der Waals surface area (Å²) < 4.78 is 55.6. The van der Waals surface area contributed by atoms with Gasteiger partial charge in [-0.1, -0.05) is 12.1 Å². The smallest absolute Gasteiger partial charge is 0.416 e. The first-order valence-corrected chi connectivity index (χ1v) is 10.0. The summed E-state index contributed by atoms with van der Waals surface area (Å²) in [4.78, 5) is 25.8. The van der Waals surface area contributed by atoms with Crippen LogP contribution in [0.25, 0.3) is 5.57 Å². The second-order valence-corrected chi connectivity index (χ2v) is 7.67. The van der Waals surface area contributed by atoms with Gasteiger partial charge in [0.05, 0.1) is 29.8 Å². The molecule has 1 N–H and O–H groups in total. The quantitative estimate of drug-likeness (QED) is 0.513. The summed E-state index contributed by atoms with van der Waals surface area (Å²) in [6.07, 6.45) is -5.01. The minimum Gasteiger partial charge on any atom is -0.462 e. The highest BCUT2D eigenvalue weighted by Gasteiger charge is 2.42. The number of esters is 2. The molecule has 0 radical (unpaired) electrons. The highest BCUT2D eigenvalue weighted by atomic mass is 19.4. The number of nitrogens with one attached hydrogen (secondary N) is 1. The lowest BCUT2D eigenvalue weighted by Gasteiger charge is -2.37. The zero-order chi connectivity index (χ0) is 23.3. The number of hydrogen-bond donors (Lipinski definition) is 1. The predicted octanol–water partition coefficient (Wildman–Crippen LogP) is 3.60. The zero-order valence-corrected chi connectivity index (χ0v) is 18.2. The van der Waals surface area contributed by atoms with Gasteiger partial charge in [-0.15, -0.1) is 0 Å². The predicted molar refractivity (Wildman–Crippen MR) is 108 cm³/mol. The van der Waals surface area contributed by atoms with Crippen LogP contribution in [0.3, 0.4) is 0 Å². The zero-order valence-electron chi connectivity index (χ0n) is 18.2. The van der Waals surface area contributed by atoms with Crippen molar-refractivity contribution < 1.29 is 37.0 Å². The van der Waals surface area contributed by atoms with E-state index in [1.807, 2.05) is 0 Å². The van der Waals surface area contributed by atoms with Crippen LogP contribution >= 0.6 is 0 Å². The first-order chi connectivity index (χ1) is 14.5. The molecular weight excluding hydrogens is 415 g/mol. The fraction of sp³-hybridized carbons (Fsp3) is 0.545. The minimum atomic E-state index is -4.58. The molecule has 3 unspecified atom stereocenters. The van der Waals surface area contributed by atoms with Crippen molar-refractivity contribution in [1.29, 1.82) is 0 Å². The van der Waals surface area contributed by atoms with E-state index in [9.17, 15) is 22.8 Å². The Hall–Kier alpha value is -2.39. The van der Waals surface area contributed by atoms with Gasteiger partial charge < -0.3 is 19.5 Å². The molecule has 0 saturated heterocycles. The van der Waals surface area contributed by atoms with Gasteiger partial charge in [0.15, 0.2) is 0 Å². The first-order valence-electron chi connectivity index (χ1n) is 10.0. The number of halogens is 3. The van der Waals surface area contributed by atoms with Crippen molar-refractivity contribution in [2.24, 2.45) is 5.92 Å². The third-order valence-corrected chi connectivity index (χ3v) is 4.89. The van der Waals surface area contributed by atoms with Gasteiger partial charge in [0, 0.05) is 19.2 Å². The molecule has 3 atom stereocenters. The maximum absolute atomic E-state index is 13.4. The number of methoxy groups -OCH3 is 1. The molecule has 0 spiro atoms. The normalized spacial score (nSPS) is 21.9. The van der Waals surface area contributed by atoms with Gasteiger partial charge in [-0.3, -0.25) is 4.79 Å². The lowest BCUT2D eigenvalue weighted by Crippen LogP contribution is -2.50. The lowest BCUT2D eigenvalue weighted by atomic mass is 9.78. The second-order valence-electron chi connectivity index (χ2n) is 7.67. The van der Waals surface area contributed by atoms with Crippen LogP contribution in [-0.4, -0.2) is 50.4 Å². The van der Waals surface area contributed by atoms with Crippen LogP contribution in [0.15, 0.2) is 29.8 Å². The molecule has 0 fully saturated rings.